The number of hydrogen-bond acceptors (Lipinski definition) is 1. The van der Waals surface area contributed by atoms with Gasteiger partial charge in [-0.3, -0.25) is 0 Å². The standard InChI is InChI=1S/C17H15ClN2.C2H6/c18-12-7-5-11(6-8-12)16-17-14(9-10-19-16)13-3-1-2-4-15(13)20-17;1-2/h1-8,16,19-20H,9-10H2;1-2H3/t16-;/m0./s1. The fourth-order valence-electron chi connectivity index (χ4n) is 3.12. The highest BCUT2D eigenvalue weighted by molar-refractivity contribution is 6.30. The molecule has 1 aromatic heterocycles. The van der Waals surface area contributed by atoms with Gasteiger partial charge in [-0.2, -0.15) is 0 Å². The number of para-hydroxylation sites is 1. The van der Waals surface area contributed by atoms with Crippen LogP contribution in [-0.4, -0.2) is 11.5 Å². The SMILES string of the molecule is CC.Clc1ccc([C@@H]2NCCc3c2[nH]c2ccccc32)cc1. The van der Waals surface area contributed by atoms with E-state index < -0.39 is 0 Å². The van der Waals surface area contributed by atoms with Crippen LogP contribution < -0.4 is 5.32 Å². The predicted molar refractivity (Wildman–Crippen MR) is 94.6 cm³/mol. The van der Waals surface area contributed by atoms with Crippen molar-refractivity contribution in [1.82, 2.24) is 10.3 Å². The van der Waals surface area contributed by atoms with Crippen LogP contribution >= 0.6 is 11.6 Å². The molecule has 0 unspecified atom stereocenters. The van der Waals surface area contributed by atoms with Crippen LogP contribution in [0.3, 0.4) is 0 Å². The van der Waals surface area contributed by atoms with Crippen LogP contribution in [0.15, 0.2) is 48.5 Å². The quantitative estimate of drug-likeness (QED) is 0.644. The molecule has 3 aromatic rings. The summed E-state index contributed by atoms with van der Waals surface area (Å²) >= 11 is 5.99. The average Bonchev–Trinajstić information content (AvgIpc) is 2.96. The van der Waals surface area contributed by atoms with Crippen molar-refractivity contribution in [3.05, 3.63) is 70.4 Å². The summed E-state index contributed by atoms with van der Waals surface area (Å²) < 4.78 is 0. The second-order valence-electron chi connectivity index (χ2n) is 5.25. The summed E-state index contributed by atoms with van der Waals surface area (Å²) in [7, 11) is 0. The summed E-state index contributed by atoms with van der Waals surface area (Å²) in [6.45, 7) is 5.00. The van der Waals surface area contributed by atoms with Gasteiger partial charge in [0.05, 0.1) is 6.04 Å². The Kier molecular flexibility index (Phi) is 4.51. The van der Waals surface area contributed by atoms with E-state index in [1.807, 2.05) is 26.0 Å². The zero-order chi connectivity index (χ0) is 15.5. The summed E-state index contributed by atoms with van der Waals surface area (Å²) in [5.74, 6) is 0. The first-order valence-electron chi connectivity index (χ1n) is 7.91. The molecular formula is C19H21ClN2. The number of halogens is 1. The van der Waals surface area contributed by atoms with Crippen LogP contribution in [0, 0.1) is 0 Å². The largest absolute Gasteiger partial charge is 0.357 e. The van der Waals surface area contributed by atoms with Crippen LogP contribution in [0.2, 0.25) is 5.02 Å². The van der Waals surface area contributed by atoms with Gasteiger partial charge >= 0.3 is 0 Å². The van der Waals surface area contributed by atoms with Crippen molar-refractivity contribution < 1.29 is 0 Å². The highest BCUT2D eigenvalue weighted by Crippen LogP contribution is 2.33. The van der Waals surface area contributed by atoms with Crippen LogP contribution in [0.5, 0.6) is 0 Å². The molecule has 0 aliphatic carbocycles. The molecule has 1 aliphatic rings. The smallest absolute Gasteiger partial charge is 0.0732 e. The van der Waals surface area contributed by atoms with Gasteiger partial charge in [-0.1, -0.05) is 55.8 Å². The van der Waals surface area contributed by atoms with E-state index in [0.717, 1.165) is 18.0 Å². The van der Waals surface area contributed by atoms with Gasteiger partial charge in [0.15, 0.2) is 0 Å². The number of H-pyrrole nitrogens is 1. The maximum absolute atomic E-state index is 5.99. The molecule has 0 radical (unpaired) electrons. The van der Waals surface area contributed by atoms with Gasteiger partial charge in [-0.25, -0.2) is 0 Å². The minimum Gasteiger partial charge on any atom is -0.357 e. The predicted octanol–water partition coefficient (Wildman–Crippen LogP) is 5.08. The Bertz CT molecular complexity index is 759. The minimum atomic E-state index is 0.225. The number of aromatic nitrogens is 1. The zero-order valence-corrected chi connectivity index (χ0v) is 13.7. The molecule has 2 nitrogen and oxygen atoms in total. The van der Waals surface area contributed by atoms with E-state index >= 15 is 0 Å². The Hall–Kier alpha value is -1.77. The van der Waals surface area contributed by atoms with Crippen LogP contribution in [0.4, 0.5) is 0 Å². The normalized spacial score (nSPS) is 16.8. The van der Waals surface area contributed by atoms with Gasteiger partial charge < -0.3 is 10.3 Å². The third-order valence-corrected chi connectivity index (χ3v) is 4.31. The number of fused-ring (bicyclic) bond motifs is 3. The van der Waals surface area contributed by atoms with E-state index in [4.69, 9.17) is 11.6 Å². The van der Waals surface area contributed by atoms with E-state index in [9.17, 15) is 0 Å². The number of aromatic amines is 1. The Morgan fingerprint density at radius 2 is 1.73 bits per heavy atom. The van der Waals surface area contributed by atoms with Gasteiger partial charge in [-0.05, 0) is 35.7 Å². The van der Waals surface area contributed by atoms with Crippen LogP contribution in [0.1, 0.15) is 36.7 Å². The first-order chi connectivity index (χ1) is 10.8. The first-order valence-corrected chi connectivity index (χ1v) is 8.29. The van der Waals surface area contributed by atoms with E-state index in [0.29, 0.717) is 0 Å². The van der Waals surface area contributed by atoms with E-state index in [-0.39, 0.29) is 6.04 Å². The topological polar surface area (TPSA) is 27.8 Å². The van der Waals surface area contributed by atoms with Crippen LogP contribution in [0.25, 0.3) is 10.9 Å². The molecule has 1 aliphatic heterocycles. The molecule has 2 aromatic carbocycles. The summed E-state index contributed by atoms with van der Waals surface area (Å²) in [5.41, 5.74) is 5.21. The van der Waals surface area contributed by atoms with E-state index in [1.165, 1.54) is 27.7 Å². The Morgan fingerprint density at radius 3 is 2.50 bits per heavy atom. The van der Waals surface area contributed by atoms with Crippen molar-refractivity contribution in [3.63, 3.8) is 0 Å². The molecule has 1 atom stereocenters. The number of rotatable bonds is 1. The summed E-state index contributed by atoms with van der Waals surface area (Å²) in [5, 5.41) is 5.73. The average molecular weight is 313 g/mol. The number of nitrogens with one attached hydrogen (secondary N) is 2. The van der Waals surface area contributed by atoms with E-state index in [2.05, 4.69) is 46.7 Å². The number of benzene rings is 2. The van der Waals surface area contributed by atoms with E-state index in [1.54, 1.807) is 0 Å². The highest BCUT2D eigenvalue weighted by Gasteiger charge is 2.24. The lowest BCUT2D eigenvalue weighted by molar-refractivity contribution is 0.560. The summed E-state index contributed by atoms with van der Waals surface area (Å²) in [6.07, 6.45) is 1.07. The zero-order valence-electron chi connectivity index (χ0n) is 13.0. The molecule has 0 saturated carbocycles. The third-order valence-electron chi connectivity index (χ3n) is 4.06. The lowest BCUT2D eigenvalue weighted by atomic mass is 9.94. The molecule has 2 N–H and O–H groups in total. The Morgan fingerprint density at radius 1 is 1.00 bits per heavy atom. The molecule has 114 valence electrons. The second kappa shape index (κ2) is 6.55. The van der Waals surface area contributed by atoms with Gasteiger partial charge in [0.25, 0.3) is 0 Å². The second-order valence-corrected chi connectivity index (χ2v) is 5.69. The third kappa shape index (κ3) is 2.65. The van der Waals surface area contributed by atoms with Crippen molar-refractivity contribution >= 4 is 22.5 Å². The molecule has 22 heavy (non-hydrogen) atoms. The lowest BCUT2D eigenvalue weighted by Crippen LogP contribution is -2.30. The van der Waals surface area contributed by atoms with Crippen molar-refractivity contribution in [2.75, 3.05) is 6.54 Å². The van der Waals surface area contributed by atoms with Crippen molar-refractivity contribution in [1.29, 1.82) is 0 Å². The highest BCUT2D eigenvalue weighted by atomic mass is 35.5. The fourth-order valence-corrected chi connectivity index (χ4v) is 3.25. The maximum atomic E-state index is 5.99. The van der Waals surface area contributed by atoms with Crippen molar-refractivity contribution in [2.24, 2.45) is 0 Å². The molecule has 3 heteroatoms. The molecule has 2 heterocycles. The van der Waals surface area contributed by atoms with Crippen LogP contribution in [-0.2, 0) is 6.42 Å². The number of hydrogen-bond donors (Lipinski definition) is 2. The van der Waals surface area contributed by atoms with Crippen molar-refractivity contribution in [3.8, 4) is 0 Å². The van der Waals surface area contributed by atoms with Gasteiger partial charge in [0.1, 0.15) is 0 Å². The molecule has 0 amide bonds. The molecule has 0 saturated heterocycles. The van der Waals surface area contributed by atoms with Crippen molar-refractivity contribution in [2.45, 2.75) is 26.3 Å². The first kappa shape index (κ1) is 15.1. The van der Waals surface area contributed by atoms with Gasteiger partial charge in [0, 0.05) is 28.2 Å². The van der Waals surface area contributed by atoms with Gasteiger partial charge in [-0.15, -0.1) is 0 Å². The minimum absolute atomic E-state index is 0.225. The molecule has 0 fully saturated rings. The fraction of sp³-hybridized carbons (Fsp3) is 0.263. The molecule has 0 spiro atoms. The monoisotopic (exact) mass is 312 g/mol. The lowest BCUT2D eigenvalue weighted by Gasteiger charge is -2.24. The Balaban J connectivity index is 0.000000693. The molecule has 0 bridgehead atoms. The van der Waals surface area contributed by atoms with Gasteiger partial charge in [0.2, 0.25) is 0 Å². The maximum Gasteiger partial charge on any atom is 0.0732 e. The Labute approximate surface area is 136 Å². The molecular weight excluding hydrogens is 292 g/mol. The molecule has 4 rings (SSSR count). The summed E-state index contributed by atoms with van der Waals surface area (Å²) in [4.78, 5) is 3.58. The summed E-state index contributed by atoms with van der Waals surface area (Å²) in [6, 6.07) is 16.9.